The Kier molecular flexibility index (Phi) is 8.44. The molecule has 1 aromatic rings. The quantitative estimate of drug-likeness (QED) is 0.410. The molecule has 3 aliphatic heterocycles. The normalized spacial score (nSPS) is 31.5. The molecular weight excluding hydrogens is 518 g/mol. The number of aliphatic hydroxyl groups is 1. The van der Waals surface area contributed by atoms with Gasteiger partial charge in [-0.3, -0.25) is 14.4 Å². The number of ether oxygens (including phenoxy) is 1. The monoisotopic (exact) mass is 563 g/mol. The van der Waals surface area contributed by atoms with Gasteiger partial charge >= 0.3 is 0 Å². The minimum atomic E-state index is -1.13. The number of fused-ring (bicyclic) bond motifs is 1. The number of aliphatic hydroxyl groups excluding tert-OH is 1. The molecule has 8 nitrogen and oxygen atoms in total. The first-order valence-corrected chi connectivity index (χ1v) is 15.3. The fourth-order valence-corrected chi connectivity index (χ4v) is 8.21. The van der Waals surface area contributed by atoms with Gasteiger partial charge in [0, 0.05) is 24.8 Å². The zero-order chi connectivity index (χ0) is 29.4. The molecule has 8 heteroatoms. The maximum absolute atomic E-state index is 14.7. The van der Waals surface area contributed by atoms with Gasteiger partial charge in [0.2, 0.25) is 17.7 Å². The van der Waals surface area contributed by atoms with Crippen LogP contribution in [0.4, 0.5) is 5.69 Å². The summed E-state index contributed by atoms with van der Waals surface area (Å²) in [6.07, 6.45) is 10.2. The van der Waals surface area contributed by atoms with Crippen molar-refractivity contribution in [1.82, 2.24) is 9.80 Å². The standard InChI is InChI=1S/C33H45N3O5/c1-5-20-34(24-14-10-8-11-15-24)29(38)26-27-30(39)36(23(4)22-37)28(33(27)19-18-32(26,7-3)41-33)31(40)35(21-6-2)25-16-12-9-13-17-25/h5-6,8,10-11,14-15,23,25-28,37H,1-2,7,9,12-13,16-22H2,3-4H3/t23-,26-,27+,28?,32+,33?/m1/s1. The molecule has 0 radical (unpaired) electrons. The van der Waals surface area contributed by atoms with Crippen molar-refractivity contribution < 1.29 is 24.2 Å². The molecule has 1 N–H and O–H groups in total. The Morgan fingerprint density at radius 2 is 1.78 bits per heavy atom. The van der Waals surface area contributed by atoms with Gasteiger partial charge in [-0.05, 0) is 51.2 Å². The van der Waals surface area contributed by atoms with E-state index in [1.807, 2.05) is 42.2 Å². The first-order valence-electron chi connectivity index (χ1n) is 15.3. The summed E-state index contributed by atoms with van der Waals surface area (Å²) in [7, 11) is 0. The van der Waals surface area contributed by atoms with Crippen LogP contribution in [0.2, 0.25) is 0 Å². The van der Waals surface area contributed by atoms with Gasteiger partial charge in [0.15, 0.2) is 0 Å². The largest absolute Gasteiger partial charge is 0.394 e. The number of nitrogens with zero attached hydrogens (tertiary/aromatic N) is 3. The lowest BCUT2D eigenvalue weighted by Crippen LogP contribution is -2.60. The first kappa shape index (κ1) is 29.5. The zero-order valence-corrected chi connectivity index (χ0v) is 24.5. The highest BCUT2D eigenvalue weighted by Gasteiger charge is 2.79. The number of para-hydroxylation sites is 1. The van der Waals surface area contributed by atoms with Crippen LogP contribution in [-0.4, -0.2) is 81.7 Å². The number of amides is 3. The summed E-state index contributed by atoms with van der Waals surface area (Å²) in [5.41, 5.74) is -1.24. The fraction of sp³-hybridized carbons (Fsp3) is 0.606. The first-order chi connectivity index (χ1) is 19.8. The summed E-state index contributed by atoms with van der Waals surface area (Å²) in [6.45, 7) is 12.0. The lowest BCUT2D eigenvalue weighted by Gasteiger charge is -2.42. The van der Waals surface area contributed by atoms with Gasteiger partial charge in [0.25, 0.3) is 0 Å². The van der Waals surface area contributed by atoms with Crippen molar-refractivity contribution >= 4 is 23.4 Å². The lowest BCUT2D eigenvalue weighted by molar-refractivity contribution is -0.157. The van der Waals surface area contributed by atoms with Gasteiger partial charge in [-0.25, -0.2) is 0 Å². The molecule has 0 aromatic heterocycles. The summed E-state index contributed by atoms with van der Waals surface area (Å²) in [5.74, 6) is -2.16. The number of carbonyl (C=O) groups excluding carboxylic acids is 3. The Morgan fingerprint density at radius 1 is 1.10 bits per heavy atom. The summed E-state index contributed by atoms with van der Waals surface area (Å²) in [6, 6.07) is 7.99. The SMILES string of the molecule is C=CCN(C(=O)[C@H]1[C@H]2C(=O)N([C@H](C)CO)C(C(=O)N(CC=C)C3CCCCC3)C23CC[C@]1(CC)O3)c1ccccc1. The lowest BCUT2D eigenvalue weighted by atomic mass is 9.64. The molecule has 5 rings (SSSR count). The van der Waals surface area contributed by atoms with E-state index < -0.39 is 35.1 Å². The summed E-state index contributed by atoms with van der Waals surface area (Å²) >= 11 is 0. The number of anilines is 1. The molecule has 6 atom stereocenters. The second kappa shape index (κ2) is 11.7. The second-order valence-corrected chi connectivity index (χ2v) is 12.3. The Bertz CT molecular complexity index is 1170. The number of carbonyl (C=O) groups is 3. The number of hydrogen-bond acceptors (Lipinski definition) is 5. The van der Waals surface area contributed by atoms with Crippen LogP contribution in [-0.2, 0) is 19.1 Å². The topological polar surface area (TPSA) is 90.4 Å². The van der Waals surface area contributed by atoms with Crippen LogP contribution >= 0.6 is 0 Å². The van der Waals surface area contributed by atoms with Crippen LogP contribution in [0.5, 0.6) is 0 Å². The predicted molar refractivity (Wildman–Crippen MR) is 158 cm³/mol. The number of hydrogen-bond donors (Lipinski definition) is 1. The molecule has 4 fully saturated rings. The van der Waals surface area contributed by atoms with Crippen molar-refractivity contribution in [3.63, 3.8) is 0 Å². The highest BCUT2D eigenvalue weighted by Crippen LogP contribution is 2.65. The molecule has 2 unspecified atom stereocenters. The van der Waals surface area contributed by atoms with E-state index in [0.717, 1.165) is 37.8 Å². The van der Waals surface area contributed by atoms with E-state index in [1.165, 1.54) is 0 Å². The fourth-order valence-electron chi connectivity index (χ4n) is 8.21. The van der Waals surface area contributed by atoms with E-state index >= 15 is 0 Å². The molecule has 4 aliphatic rings. The summed E-state index contributed by atoms with van der Waals surface area (Å²) < 4.78 is 6.97. The van der Waals surface area contributed by atoms with E-state index in [-0.39, 0.29) is 30.4 Å². The molecule has 1 aromatic carbocycles. The Labute approximate surface area is 244 Å². The Hall–Kier alpha value is -2.97. The van der Waals surface area contributed by atoms with E-state index in [2.05, 4.69) is 13.2 Å². The van der Waals surface area contributed by atoms with Gasteiger partial charge in [0.1, 0.15) is 11.6 Å². The second-order valence-electron chi connectivity index (χ2n) is 12.3. The van der Waals surface area contributed by atoms with E-state index in [4.69, 9.17) is 4.74 Å². The van der Waals surface area contributed by atoms with Gasteiger partial charge in [-0.2, -0.15) is 0 Å². The molecule has 1 aliphatic carbocycles. The molecule has 41 heavy (non-hydrogen) atoms. The van der Waals surface area contributed by atoms with Crippen molar-refractivity contribution in [3.05, 3.63) is 55.6 Å². The van der Waals surface area contributed by atoms with E-state index in [9.17, 15) is 19.5 Å². The van der Waals surface area contributed by atoms with Gasteiger partial charge < -0.3 is 24.5 Å². The van der Waals surface area contributed by atoms with Crippen LogP contribution in [0.15, 0.2) is 55.6 Å². The maximum atomic E-state index is 14.7. The van der Waals surface area contributed by atoms with Crippen LogP contribution in [0.1, 0.15) is 65.2 Å². The van der Waals surface area contributed by atoms with Crippen LogP contribution < -0.4 is 4.90 Å². The third kappa shape index (κ3) is 4.63. The minimum absolute atomic E-state index is 0.0726. The Morgan fingerprint density at radius 3 is 2.39 bits per heavy atom. The highest BCUT2D eigenvalue weighted by atomic mass is 16.5. The molecule has 3 heterocycles. The van der Waals surface area contributed by atoms with Crippen molar-refractivity contribution in [2.45, 2.75) is 94.5 Å². The average Bonchev–Trinajstić information content (AvgIpc) is 3.62. The van der Waals surface area contributed by atoms with Crippen LogP contribution in [0, 0.1) is 11.8 Å². The van der Waals surface area contributed by atoms with Crippen molar-refractivity contribution in [2.24, 2.45) is 11.8 Å². The third-order valence-electron chi connectivity index (χ3n) is 10.1. The van der Waals surface area contributed by atoms with Crippen molar-refractivity contribution in [1.29, 1.82) is 0 Å². The predicted octanol–water partition coefficient (Wildman–Crippen LogP) is 4.09. The van der Waals surface area contributed by atoms with E-state index in [0.29, 0.717) is 32.4 Å². The van der Waals surface area contributed by atoms with Crippen molar-refractivity contribution in [3.8, 4) is 0 Å². The number of likely N-dealkylation sites (tertiary alicyclic amines) is 1. The van der Waals surface area contributed by atoms with Gasteiger partial charge in [0.05, 0.1) is 30.1 Å². The van der Waals surface area contributed by atoms with Crippen LogP contribution in [0.25, 0.3) is 0 Å². The molecular formula is C33H45N3O5. The van der Waals surface area contributed by atoms with Gasteiger partial charge in [-0.1, -0.05) is 56.5 Å². The highest BCUT2D eigenvalue weighted by molar-refractivity contribution is 6.03. The minimum Gasteiger partial charge on any atom is -0.394 e. The van der Waals surface area contributed by atoms with Gasteiger partial charge in [-0.15, -0.1) is 13.2 Å². The zero-order valence-electron chi connectivity index (χ0n) is 24.5. The van der Waals surface area contributed by atoms with Crippen LogP contribution in [0.3, 0.4) is 0 Å². The molecule has 1 saturated carbocycles. The third-order valence-corrected chi connectivity index (χ3v) is 10.1. The molecule has 2 bridgehead atoms. The molecule has 222 valence electrons. The molecule has 3 saturated heterocycles. The molecule has 3 amide bonds. The molecule has 1 spiro atoms. The number of benzene rings is 1. The average molecular weight is 564 g/mol. The number of rotatable bonds is 11. The smallest absolute Gasteiger partial charge is 0.248 e. The van der Waals surface area contributed by atoms with Crippen molar-refractivity contribution in [2.75, 3.05) is 24.6 Å². The summed E-state index contributed by atoms with van der Waals surface area (Å²) in [5, 5.41) is 10.3. The maximum Gasteiger partial charge on any atom is 0.248 e. The Balaban J connectivity index is 1.60. The summed E-state index contributed by atoms with van der Waals surface area (Å²) in [4.78, 5) is 48.8. The van der Waals surface area contributed by atoms with E-state index in [1.54, 1.807) is 28.9 Å².